The van der Waals surface area contributed by atoms with E-state index in [1.807, 2.05) is 34.3 Å². The molecule has 1 aromatic rings. The molecule has 0 radical (unpaired) electrons. The molecule has 0 aliphatic rings. The fourth-order valence-corrected chi connectivity index (χ4v) is 1.69. The Morgan fingerprint density at radius 1 is 1.12 bits per heavy atom. The first kappa shape index (κ1) is 14.0. The highest BCUT2D eigenvalue weighted by Crippen LogP contribution is 2.05. The second kappa shape index (κ2) is 6.58. The van der Waals surface area contributed by atoms with Crippen LogP contribution < -0.4 is 0 Å². The summed E-state index contributed by atoms with van der Waals surface area (Å²) in [5.41, 5.74) is 0.929. The van der Waals surface area contributed by atoms with E-state index in [1.54, 1.807) is 12.4 Å². The lowest BCUT2D eigenvalue weighted by molar-refractivity contribution is 0.192. The Balaban J connectivity index is 2.79. The Morgan fingerprint density at radius 3 is 2.12 bits per heavy atom. The first-order valence-corrected chi connectivity index (χ1v) is 5.77. The van der Waals surface area contributed by atoms with Gasteiger partial charge >= 0.3 is 0 Å². The van der Waals surface area contributed by atoms with Gasteiger partial charge < -0.3 is 4.90 Å². The summed E-state index contributed by atoms with van der Waals surface area (Å²) in [7, 11) is 8.10. The molecule has 1 heterocycles. The third kappa shape index (κ3) is 4.72. The summed E-state index contributed by atoms with van der Waals surface area (Å²) < 4.78 is 0. The predicted molar refractivity (Wildman–Crippen MR) is 72.7 cm³/mol. The van der Waals surface area contributed by atoms with E-state index in [9.17, 15) is 0 Å². The standard InChI is InChI=1S/C11H19N5S/c1-14(2)8-16(9-15(3)4)11(17)10-5-6-12-13-7-10/h5-7H,8-9H2,1-4H3. The van der Waals surface area contributed by atoms with E-state index in [1.165, 1.54) is 0 Å². The number of rotatable bonds is 5. The fraction of sp³-hybridized carbons (Fsp3) is 0.545. The largest absolute Gasteiger partial charge is 0.336 e. The lowest BCUT2D eigenvalue weighted by atomic mass is 10.3. The minimum absolute atomic E-state index is 0.777. The van der Waals surface area contributed by atoms with Crippen LogP contribution >= 0.6 is 12.2 Å². The van der Waals surface area contributed by atoms with Gasteiger partial charge in [0.25, 0.3) is 0 Å². The normalized spacial score (nSPS) is 10.9. The van der Waals surface area contributed by atoms with Gasteiger partial charge in [-0.05, 0) is 34.3 Å². The fourth-order valence-electron chi connectivity index (χ4n) is 1.46. The summed E-state index contributed by atoms with van der Waals surface area (Å²) in [5, 5.41) is 7.62. The van der Waals surface area contributed by atoms with Crippen LogP contribution in [-0.4, -0.2) is 71.4 Å². The van der Waals surface area contributed by atoms with Crippen LogP contribution in [-0.2, 0) is 0 Å². The number of hydrogen-bond donors (Lipinski definition) is 0. The maximum absolute atomic E-state index is 5.48. The van der Waals surface area contributed by atoms with Crippen molar-refractivity contribution in [3.8, 4) is 0 Å². The van der Waals surface area contributed by atoms with E-state index in [2.05, 4.69) is 24.9 Å². The van der Waals surface area contributed by atoms with Crippen LogP contribution in [0.5, 0.6) is 0 Å². The molecule has 0 aliphatic carbocycles. The van der Waals surface area contributed by atoms with Crippen molar-refractivity contribution in [2.75, 3.05) is 41.5 Å². The molecule has 1 aromatic heterocycles. The van der Waals surface area contributed by atoms with Gasteiger partial charge in [-0.15, -0.1) is 0 Å². The molecular formula is C11H19N5S. The minimum Gasteiger partial charge on any atom is -0.336 e. The quantitative estimate of drug-likeness (QED) is 0.561. The van der Waals surface area contributed by atoms with Crippen LogP contribution in [0.2, 0.25) is 0 Å². The zero-order valence-corrected chi connectivity index (χ0v) is 11.6. The average molecular weight is 253 g/mol. The minimum atomic E-state index is 0.777. The molecule has 0 bridgehead atoms. The van der Waals surface area contributed by atoms with Gasteiger partial charge in [0.1, 0.15) is 4.99 Å². The maximum Gasteiger partial charge on any atom is 0.112 e. The Kier molecular flexibility index (Phi) is 5.40. The lowest BCUT2D eigenvalue weighted by Crippen LogP contribution is -2.43. The summed E-state index contributed by atoms with van der Waals surface area (Å²) >= 11 is 5.48. The molecule has 0 amide bonds. The van der Waals surface area contributed by atoms with E-state index in [4.69, 9.17) is 12.2 Å². The molecule has 0 saturated carbocycles. The third-order valence-corrected chi connectivity index (χ3v) is 2.52. The van der Waals surface area contributed by atoms with E-state index in [-0.39, 0.29) is 0 Å². The van der Waals surface area contributed by atoms with E-state index in [0.29, 0.717) is 0 Å². The average Bonchev–Trinajstić information content (AvgIpc) is 2.27. The predicted octanol–water partition coefficient (Wildman–Crippen LogP) is 0.492. The Labute approximate surface area is 108 Å². The van der Waals surface area contributed by atoms with Gasteiger partial charge in [-0.3, -0.25) is 9.80 Å². The zero-order chi connectivity index (χ0) is 12.8. The van der Waals surface area contributed by atoms with Gasteiger partial charge in [0.05, 0.1) is 25.7 Å². The van der Waals surface area contributed by atoms with Crippen LogP contribution in [0.4, 0.5) is 0 Å². The molecule has 5 nitrogen and oxygen atoms in total. The summed E-state index contributed by atoms with van der Waals surface area (Å²) in [4.78, 5) is 7.09. The molecule has 0 aromatic carbocycles. The van der Waals surface area contributed by atoms with Gasteiger partial charge in [0.15, 0.2) is 0 Å². The second-order valence-corrected chi connectivity index (χ2v) is 4.80. The molecule has 1 rings (SSSR count). The Bertz CT molecular complexity index is 342. The van der Waals surface area contributed by atoms with Crippen molar-refractivity contribution in [2.24, 2.45) is 0 Å². The van der Waals surface area contributed by atoms with E-state index in [0.717, 1.165) is 23.9 Å². The zero-order valence-electron chi connectivity index (χ0n) is 10.8. The molecule has 0 atom stereocenters. The number of aromatic nitrogens is 2. The molecule has 6 heteroatoms. The highest BCUT2D eigenvalue weighted by molar-refractivity contribution is 7.80. The molecule has 94 valence electrons. The molecule has 0 spiro atoms. The number of thiocarbonyl (C=S) groups is 1. The Hall–Kier alpha value is -1.11. The van der Waals surface area contributed by atoms with Crippen molar-refractivity contribution in [2.45, 2.75) is 0 Å². The lowest BCUT2D eigenvalue weighted by Gasteiger charge is -2.30. The van der Waals surface area contributed by atoms with Crippen molar-refractivity contribution < 1.29 is 0 Å². The van der Waals surface area contributed by atoms with Crippen LogP contribution in [0.25, 0.3) is 0 Å². The molecule has 17 heavy (non-hydrogen) atoms. The summed E-state index contributed by atoms with van der Waals surface area (Å²) in [6.45, 7) is 1.55. The summed E-state index contributed by atoms with van der Waals surface area (Å²) in [5.74, 6) is 0. The van der Waals surface area contributed by atoms with Crippen molar-refractivity contribution in [3.05, 3.63) is 24.0 Å². The summed E-state index contributed by atoms with van der Waals surface area (Å²) in [6.07, 6.45) is 3.35. The first-order chi connectivity index (χ1) is 8.00. The van der Waals surface area contributed by atoms with Crippen molar-refractivity contribution in [1.82, 2.24) is 24.9 Å². The molecule has 0 fully saturated rings. The van der Waals surface area contributed by atoms with E-state index < -0.39 is 0 Å². The van der Waals surface area contributed by atoms with Crippen molar-refractivity contribution in [3.63, 3.8) is 0 Å². The molecule has 0 aliphatic heterocycles. The van der Waals surface area contributed by atoms with Crippen LogP contribution in [0.3, 0.4) is 0 Å². The van der Waals surface area contributed by atoms with Gasteiger partial charge in [-0.25, -0.2) is 0 Å². The van der Waals surface area contributed by atoms with Crippen molar-refractivity contribution >= 4 is 17.2 Å². The Morgan fingerprint density at radius 2 is 1.71 bits per heavy atom. The highest BCUT2D eigenvalue weighted by Gasteiger charge is 2.13. The summed E-state index contributed by atoms with van der Waals surface area (Å²) in [6, 6.07) is 1.88. The maximum atomic E-state index is 5.48. The van der Waals surface area contributed by atoms with Gasteiger partial charge in [0, 0.05) is 5.56 Å². The topological polar surface area (TPSA) is 35.5 Å². The molecule has 0 N–H and O–H groups in total. The number of hydrogen-bond acceptors (Lipinski definition) is 5. The van der Waals surface area contributed by atoms with Crippen molar-refractivity contribution in [1.29, 1.82) is 0 Å². The van der Waals surface area contributed by atoms with Crippen LogP contribution in [0.1, 0.15) is 5.56 Å². The van der Waals surface area contributed by atoms with Crippen LogP contribution in [0, 0.1) is 0 Å². The van der Waals surface area contributed by atoms with Gasteiger partial charge in [-0.2, -0.15) is 10.2 Å². The SMILES string of the molecule is CN(C)CN(CN(C)C)C(=S)c1ccnnc1. The van der Waals surface area contributed by atoms with E-state index >= 15 is 0 Å². The first-order valence-electron chi connectivity index (χ1n) is 5.36. The van der Waals surface area contributed by atoms with Gasteiger partial charge in [0.2, 0.25) is 0 Å². The third-order valence-electron chi connectivity index (χ3n) is 2.03. The van der Waals surface area contributed by atoms with Crippen LogP contribution in [0.15, 0.2) is 18.5 Å². The highest BCUT2D eigenvalue weighted by atomic mass is 32.1. The molecular weight excluding hydrogens is 234 g/mol. The monoisotopic (exact) mass is 253 g/mol. The molecule has 0 saturated heterocycles. The molecule has 0 unspecified atom stereocenters. The second-order valence-electron chi connectivity index (χ2n) is 4.42. The number of nitrogens with zero attached hydrogens (tertiary/aromatic N) is 5. The van der Waals surface area contributed by atoms with Gasteiger partial charge in [-0.1, -0.05) is 12.2 Å². The smallest absolute Gasteiger partial charge is 0.112 e.